The van der Waals surface area contributed by atoms with Crippen molar-refractivity contribution < 1.29 is 19.0 Å². The predicted molar refractivity (Wildman–Crippen MR) is 135 cm³/mol. The van der Waals surface area contributed by atoms with Crippen molar-refractivity contribution in [2.75, 3.05) is 44.4 Å². The summed E-state index contributed by atoms with van der Waals surface area (Å²) in [5.74, 6) is 1.20. The van der Waals surface area contributed by atoms with Crippen LogP contribution in [-0.2, 0) is 14.3 Å². The van der Waals surface area contributed by atoms with Crippen LogP contribution in [0.15, 0.2) is 48.5 Å². The number of esters is 1. The van der Waals surface area contributed by atoms with Gasteiger partial charge in [0, 0.05) is 31.5 Å². The lowest BCUT2D eigenvalue weighted by Crippen LogP contribution is -2.20. The van der Waals surface area contributed by atoms with Gasteiger partial charge in [-0.3, -0.25) is 0 Å². The van der Waals surface area contributed by atoms with Crippen molar-refractivity contribution in [2.24, 2.45) is 5.92 Å². The highest BCUT2D eigenvalue weighted by Gasteiger charge is 2.21. The van der Waals surface area contributed by atoms with Crippen LogP contribution in [0.3, 0.4) is 0 Å². The first-order valence-corrected chi connectivity index (χ1v) is 12.2. The minimum absolute atomic E-state index is 0.316. The second-order valence-corrected chi connectivity index (χ2v) is 8.54. The van der Waals surface area contributed by atoms with Gasteiger partial charge in [0.05, 0.1) is 13.2 Å². The minimum atomic E-state index is -0.316. The summed E-state index contributed by atoms with van der Waals surface area (Å²) in [4.78, 5) is 14.3. The van der Waals surface area contributed by atoms with E-state index in [2.05, 4.69) is 49.1 Å². The highest BCUT2D eigenvalue weighted by molar-refractivity contribution is 5.89. The number of nitrogens with zero attached hydrogens (tertiary/aromatic N) is 1. The van der Waals surface area contributed by atoms with Crippen LogP contribution in [-0.4, -0.2) is 45.5 Å². The van der Waals surface area contributed by atoms with Crippen molar-refractivity contribution in [1.29, 1.82) is 0 Å². The Morgan fingerprint density at radius 2 is 1.85 bits per heavy atom. The van der Waals surface area contributed by atoms with Gasteiger partial charge in [-0.05, 0) is 72.7 Å². The molecule has 0 radical (unpaired) electrons. The van der Waals surface area contributed by atoms with Crippen LogP contribution in [0.2, 0.25) is 0 Å². The lowest BCUT2D eigenvalue weighted by atomic mass is 10.0. The van der Waals surface area contributed by atoms with Crippen LogP contribution >= 0.6 is 0 Å². The number of hydrogen-bond acceptors (Lipinski definition) is 5. The molecule has 1 atom stereocenters. The zero-order valence-corrected chi connectivity index (χ0v) is 20.2. The van der Waals surface area contributed by atoms with Gasteiger partial charge in [-0.15, -0.1) is 0 Å². The maximum absolute atomic E-state index is 11.9. The molecule has 3 rings (SSSR count). The number of carbonyl (C=O) groups excluding carboxylic acids is 1. The Hall–Kier alpha value is -2.79. The summed E-state index contributed by atoms with van der Waals surface area (Å²) < 4.78 is 16.4. The number of unbranched alkanes of at least 4 members (excludes halogenated alkanes) is 1. The van der Waals surface area contributed by atoms with E-state index in [9.17, 15) is 4.79 Å². The van der Waals surface area contributed by atoms with Crippen LogP contribution in [0.25, 0.3) is 17.2 Å². The molecule has 0 saturated carbocycles. The molecule has 5 heteroatoms. The fraction of sp³-hybridized carbons (Fsp3) is 0.464. The fourth-order valence-electron chi connectivity index (χ4n) is 3.97. The van der Waals surface area contributed by atoms with Gasteiger partial charge >= 0.3 is 5.97 Å². The van der Waals surface area contributed by atoms with Crippen LogP contribution in [0.4, 0.5) is 5.69 Å². The average molecular weight is 452 g/mol. The molecular formula is C28H37NO4. The summed E-state index contributed by atoms with van der Waals surface area (Å²) in [6.45, 7) is 10.6. The molecule has 178 valence electrons. The number of anilines is 1. The van der Waals surface area contributed by atoms with Gasteiger partial charge in [0.25, 0.3) is 0 Å². The van der Waals surface area contributed by atoms with Gasteiger partial charge in [0.15, 0.2) is 0 Å². The van der Waals surface area contributed by atoms with Crippen LogP contribution in [0, 0.1) is 5.92 Å². The smallest absolute Gasteiger partial charge is 0.330 e. The summed E-state index contributed by atoms with van der Waals surface area (Å²) >= 11 is 0. The second kappa shape index (κ2) is 13.0. The van der Waals surface area contributed by atoms with Crippen molar-refractivity contribution in [3.05, 3.63) is 54.1 Å². The molecule has 0 bridgehead atoms. The predicted octanol–water partition coefficient (Wildman–Crippen LogP) is 5.97. The Balaban J connectivity index is 1.71. The molecule has 1 aliphatic heterocycles. The van der Waals surface area contributed by atoms with E-state index in [1.54, 1.807) is 0 Å². The molecule has 1 fully saturated rings. The largest absolute Gasteiger partial charge is 0.491 e. The molecule has 2 aromatic carbocycles. The molecule has 0 N–H and O–H groups in total. The second-order valence-electron chi connectivity index (χ2n) is 8.54. The molecule has 33 heavy (non-hydrogen) atoms. The first kappa shape index (κ1) is 24.8. The highest BCUT2D eigenvalue weighted by atomic mass is 16.5. The van der Waals surface area contributed by atoms with E-state index in [1.165, 1.54) is 12.5 Å². The third-order valence-electron chi connectivity index (χ3n) is 5.80. The number of benzene rings is 2. The quantitative estimate of drug-likeness (QED) is 0.226. The normalized spacial score (nSPS) is 15.8. The van der Waals surface area contributed by atoms with Gasteiger partial charge < -0.3 is 19.1 Å². The third-order valence-corrected chi connectivity index (χ3v) is 5.80. The van der Waals surface area contributed by atoms with Gasteiger partial charge in [-0.2, -0.15) is 0 Å². The molecule has 1 unspecified atom stereocenters. The van der Waals surface area contributed by atoms with Gasteiger partial charge in [0.1, 0.15) is 12.4 Å². The summed E-state index contributed by atoms with van der Waals surface area (Å²) in [5, 5.41) is 0. The van der Waals surface area contributed by atoms with E-state index >= 15 is 0 Å². The fourth-order valence-corrected chi connectivity index (χ4v) is 3.97. The number of rotatable bonds is 12. The Morgan fingerprint density at radius 1 is 1.06 bits per heavy atom. The number of hydrogen-bond donors (Lipinski definition) is 0. The molecule has 0 aromatic heterocycles. The molecule has 1 saturated heterocycles. The van der Waals surface area contributed by atoms with E-state index in [1.807, 2.05) is 25.1 Å². The van der Waals surface area contributed by atoms with Crippen molar-refractivity contribution in [1.82, 2.24) is 0 Å². The van der Waals surface area contributed by atoms with E-state index in [-0.39, 0.29) is 5.97 Å². The molecule has 2 aromatic rings. The molecule has 1 heterocycles. The molecule has 5 nitrogen and oxygen atoms in total. The lowest BCUT2D eigenvalue weighted by Gasteiger charge is -2.21. The third kappa shape index (κ3) is 7.64. The lowest BCUT2D eigenvalue weighted by molar-refractivity contribution is -0.137. The zero-order chi connectivity index (χ0) is 23.5. The summed E-state index contributed by atoms with van der Waals surface area (Å²) in [6, 6.07) is 14.6. The Labute approximate surface area is 198 Å². The van der Waals surface area contributed by atoms with E-state index < -0.39 is 0 Å². The van der Waals surface area contributed by atoms with Crippen molar-refractivity contribution in [3.63, 3.8) is 0 Å². The maximum atomic E-state index is 11.9. The molecule has 0 amide bonds. The summed E-state index contributed by atoms with van der Waals surface area (Å²) in [6.07, 6.45) is 6.80. The van der Waals surface area contributed by atoms with Crippen molar-refractivity contribution in [2.45, 2.75) is 40.0 Å². The summed E-state index contributed by atoms with van der Waals surface area (Å²) in [7, 11) is 0. The van der Waals surface area contributed by atoms with Crippen LogP contribution in [0.5, 0.6) is 5.75 Å². The Bertz CT molecular complexity index is 907. The maximum Gasteiger partial charge on any atom is 0.330 e. The number of ether oxygens (including phenoxy) is 3. The first-order valence-electron chi connectivity index (χ1n) is 12.2. The van der Waals surface area contributed by atoms with Crippen molar-refractivity contribution in [3.8, 4) is 16.9 Å². The molecular weight excluding hydrogens is 414 g/mol. The van der Waals surface area contributed by atoms with Crippen molar-refractivity contribution >= 4 is 17.7 Å². The van der Waals surface area contributed by atoms with Gasteiger partial charge in [0.2, 0.25) is 0 Å². The summed E-state index contributed by atoms with van der Waals surface area (Å²) in [5.41, 5.74) is 4.39. The Morgan fingerprint density at radius 3 is 2.55 bits per heavy atom. The minimum Gasteiger partial charge on any atom is -0.491 e. The van der Waals surface area contributed by atoms with Crippen LogP contribution in [0.1, 0.15) is 45.6 Å². The molecule has 0 spiro atoms. The Kier molecular flexibility index (Phi) is 9.82. The topological polar surface area (TPSA) is 48.0 Å². The van der Waals surface area contributed by atoms with E-state index in [4.69, 9.17) is 14.2 Å². The van der Waals surface area contributed by atoms with E-state index in [0.717, 1.165) is 60.7 Å². The molecule has 0 aliphatic carbocycles. The first-order chi connectivity index (χ1) is 16.1. The molecule has 1 aliphatic rings. The highest BCUT2D eigenvalue weighted by Crippen LogP contribution is 2.32. The van der Waals surface area contributed by atoms with Crippen LogP contribution < -0.4 is 9.64 Å². The number of carbonyl (C=O) groups is 1. The SMILES string of the molecule is CCCCOCCOc1ccc(-c2ccc(N3CCC(C)C3)c(C=CC(=O)OCC)c2)cc1. The van der Waals surface area contributed by atoms with E-state index in [0.29, 0.717) is 25.7 Å². The standard InChI is InChI=1S/C28H37NO4/c1-4-6-17-31-18-19-33-26-11-7-23(8-12-26)24-9-13-27(29-16-15-22(3)21-29)25(20-24)10-14-28(30)32-5-2/h7-14,20,22H,4-6,15-19,21H2,1-3H3. The zero-order valence-electron chi connectivity index (χ0n) is 20.2. The van der Waals surface area contributed by atoms with Gasteiger partial charge in [-0.1, -0.05) is 38.5 Å². The average Bonchev–Trinajstić information content (AvgIpc) is 3.26. The van der Waals surface area contributed by atoms with Gasteiger partial charge in [-0.25, -0.2) is 4.79 Å². The monoisotopic (exact) mass is 451 g/mol.